The Morgan fingerprint density at radius 3 is 2.67 bits per heavy atom. The van der Waals surface area contributed by atoms with Crippen LogP contribution in [0.2, 0.25) is 0 Å². The lowest BCUT2D eigenvalue weighted by atomic mass is 9.95. The zero-order chi connectivity index (χ0) is 11.3. The van der Waals surface area contributed by atoms with Crippen LogP contribution in [0.3, 0.4) is 0 Å². The lowest BCUT2D eigenvalue weighted by Crippen LogP contribution is -2.11. The van der Waals surface area contributed by atoms with E-state index < -0.39 is 0 Å². The largest absolute Gasteiger partial charge is 0.323 e. The van der Waals surface area contributed by atoms with Crippen LogP contribution < -0.4 is 5.73 Å². The van der Waals surface area contributed by atoms with E-state index in [-0.39, 0.29) is 6.04 Å². The highest BCUT2D eigenvalue weighted by atomic mass is 14.6. The lowest BCUT2D eigenvalue weighted by Gasteiger charge is -2.13. The van der Waals surface area contributed by atoms with E-state index >= 15 is 0 Å². The predicted molar refractivity (Wildman–Crippen MR) is 57.7 cm³/mol. The molecule has 0 fully saturated rings. The molecule has 2 N–H and O–H groups in total. The van der Waals surface area contributed by atoms with Crippen molar-refractivity contribution in [2.24, 2.45) is 5.73 Å². The molecule has 0 saturated carbocycles. The fourth-order valence-electron chi connectivity index (χ4n) is 1.55. The summed E-state index contributed by atoms with van der Waals surface area (Å²) < 4.78 is 0. The number of hydrogen-bond acceptors (Lipinski definition) is 3. The van der Waals surface area contributed by atoms with Crippen LogP contribution in [-0.2, 0) is 6.42 Å². The van der Waals surface area contributed by atoms with Gasteiger partial charge in [0.1, 0.15) is 0 Å². The number of aryl methyl sites for hydroxylation is 1. The molecular weight excluding hydrogens is 186 g/mol. The molecule has 0 aliphatic heterocycles. The SMILES string of the molecule is CCc1cc(C#N)ccc1[C@@H](N)CC#N. The Morgan fingerprint density at radius 1 is 1.40 bits per heavy atom. The van der Waals surface area contributed by atoms with Crippen molar-refractivity contribution >= 4 is 0 Å². The molecule has 0 aromatic heterocycles. The smallest absolute Gasteiger partial charge is 0.0991 e. The Kier molecular flexibility index (Phi) is 3.85. The summed E-state index contributed by atoms with van der Waals surface area (Å²) in [6, 6.07) is 9.33. The summed E-state index contributed by atoms with van der Waals surface area (Å²) in [6.45, 7) is 2.01. The Balaban J connectivity index is 3.09. The first-order valence-corrected chi connectivity index (χ1v) is 4.88. The zero-order valence-electron chi connectivity index (χ0n) is 8.70. The van der Waals surface area contributed by atoms with E-state index in [2.05, 4.69) is 12.1 Å². The molecule has 0 unspecified atom stereocenters. The highest BCUT2D eigenvalue weighted by Crippen LogP contribution is 2.20. The quantitative estimate of drug-likeness (QED) is 0.809. The average Bonchev–Trinajstić information content (AvgIpc) is 2.28. The summed E-state index contributed by atoms with van der Waals surface area (Å²) in [6.07, 6.45) is 1.13. The first kappa shape index (κ1) is 11.2. The highest BCUT2D eigenvalue weighted by Gasteiger charge is 2.10. The van der Waals surface area contributed by atoms with Crippen molar-refractivity contribution in [2.75, 3.05) is 0 Å². The number of hydrogen-bond donors (Lipinski definition) is 1. The van der Waals surface area contributed by atoms with Crippen LogP contribution in [-0.4, -0.2) is 0 Å². The molecule has 0 saturated heterocycles. The molecule has 1 aromatic carbocycles. The molecule has 76 valence electrons. The molecule has 0 spiro atoms. The molecule has 0 amide bonds. The fourth-order valence-corrected chi connectivity index (χ4v) is 1.55. The van der Waals surface area contributed by atoms with E-state index in [0.717, 1.165) is 17.5 Å². The van der Waals surface area contributed by atoms with Gasteiger partial charge in [-0.3, -0.25) is 0 Å². The maximum absolute atomic E-state index is 8.76. The minimum atomic E-state index is -0.252. The van der Waals surface area contributed by atoms with Crippen LogP contribution in [0.4, 0.5) is 0 Å². The molecule has 0 aliphatic rings. The third-order valence-electron chi connectivity index (χ3n) is 2.36. The first-order chi connectivity index (χ1) is 7.22. The molecule has 0 bridgehead atoms. The van der Waals surface area contributed by atoms with Crippen molar-refractivity contribution in [1.82, 2.24) is 0 Å². The average molecular weight is 199 g/mol. The number of rotatable bonds is 3. The topological polar surface area (TPSA) is 73.6 Å². The maximum atomic E-state index is 8.76. The molecule has 1 atom stereocenters. The maximum Gasteiger partial charge on any atom is 0.0991 e. The normalized spacial score (nSPS) is 11.5. The summed E-state index contributed by atoms with van der Waals surface area (Å²) in [5, 5.41) is 17.3. The van der Waals surface area contributed by atoms with Gasteiger partial charge >= 0.3 is 0 Å². The van der Waals surface area contributed by atoms with E-state index in [1.807, 2.05) is 19.1 Å². The van der Waals surface area contributed by atoms with Crippen LogP contribution in [0.1, 0.15) is 36.1 Å². The Labute approximate surface area is 89.7 Å². The van der Waals surface area contributed by atoms with Crippen LogP contribution in [0.25, 0.3) is 0 Å². The molecule has 0 radical (unpaired) electrons. The van der Waals surface area contributed by atoms with E-state index in [0.29, 0.717) is 12.0 Å². The summed E-state index contributed by atoms with van der Waals surface area (Å²) in [5.74, 6) is 0. The zero-order valence-corrected chi connectivity index (χ0v) is 8.70. The van der Waals surface area contributed by atoms with Crippen molar-refractivity contribution in [3.63, 3.8) is 0 Å². The summed E-state index contributed by atoms with van der Waals surface area (Å²) >= 11 is 0. The first-order valence-electron chi connectivity index (χ1n) is 4.88. The van der Waals surface area contributed by atoms with E-state index in [9.17, 15) is 0 Å². The van der Waals surface area contributed by atoms with E-state index in [1.165, 1.54) is 0 Å². The minimum absolute atomic E-state index is 0.252. The van der Waals surface area contributed by atoms with Crippen molar-refractivity contribution in [3.8, 4) is 12.1 Å². The van der Waals surface area contributed by atoms with Crippen molar-refractivity contribution < 1.29 is 0 Å². The van der Waals surface area contributed by atoms with Gasteiger partial charge in [0.2, 0.25) is 0 Å². The van der Waals surface area contributed by atoms with Gasteiger partial charge in [-0.2, -0.15) is 10.5 Å². The summed E-state index contributed by atoms with van der Waals surface area (Å²) in [5.41, 5.74) is 8.53. The molecule has 0 aliphatic carbocycles. The monoisotopic (exact) mass is 199 g/mol. The Hall–Kier alpha value is -1.84. The van der Waals surface area contributed by atoms with Gasteiger partial charge < -0.3 is 5.73 Å². The van der Waals surface area contributed by atoms with Gasteiger partial charge in [-0.25, -0.2) is 0 Å². The summed E-state index contributed by atoms with van der Waals surface area (Å²) in [4.78, 5) is 0. The van der Waals surface area contributed by atoms with E-state index in [1.54, 1.807) is 6.07 Å². The molecule has 3 heteroatoms. The molecule has 1 aromatic rings. The number of benzene rings is 1. The number of nitriles is 2. The Bertz CT molecular complexity index is 423. The van der Waals surface area contributed by atoms with Crippen LogP contribution in [0.5, 0.6) is 0 Å². The van der Waals surface area contributed by atoms with Gasteiger partial charge in [-0.1, -0.05) is 13.0 Å². The van der Waals surface area contributed by atoms with E-state index in [4.69, 9.17) is 16.3 Å². The van der Waals surface area contributed by atoms with Crippen LogP contribution >= 0.6 is 0 Å². The van der Waals surface area contributed by atoms with Gasteiger partial charge in [0, 0.05) is 6.04 Å². The molecular formula is C12H13N3. The van der Waals surface area contributed by atoms with Gasteiger partial charge in [0.25, 0.3) is 0 Å². The fraction of sp³-hybridized carbons (Fsp3) is 0.333. The third-order valence-corrected chi connectivity index (χ3v) is 2.36. The summed E-state index contributed by atoms with van der Waals surface area (Å²) in [7, 11) is 0. The highest BCUT2D eigenvalue weighted by molar-refractivity contribution is 5.39. The molecule has 1 rings (SSSR count). The predicted octanol–water partition coefficient (Wildman–Crippen LogP) is 2.03. The second-order valence-electron chi connectivity index (χ2n) is 3.35. The van der Waals surface area contributed by atoms with Crippen molar-refractivity contribution in [3.05, 3.63) is 34.9 Å². The molecule has 0 heterocycles. The van der Waals surface area contributed by atoms with Crippen molar-refractivity contribution in [1.29, 1.82) is 10.5 Å². The second-order valence-corrected chi connectivity index (χ2v) is 3.35. The second kappa shape index (κ2) is 5.14. The number of nitrogens with two attached hydrogens (primary N) is 1. The molecule has 3 nitrogen and oxygen atoms in total. The van der Waals surface area contributed by atoms with Gasteiger partial charge in [-0.15, -0.1) is 0 Å². The van der Waals surface area contributed by atoms with Crippen molar-refractivity contribution in [2.45, 2.75) is 25.8 Å². The lowest BCUT2D eigenvalue weighted by molar-refractivity contribution is 0.737. The van der Waals surface area contributed by atoms with Gasteiger partial charge in [0.15, 0.2) is 0 Å². The Morgan fingerprint density at radius 2 is 2.13 bits per heavy atom. The van der Waals surface area contributed by atoms with Crippen LogP contribution in [0, 0.1) is 22.7 Å². The van der Waals surface area contributed by atoms with Gasteiger partial charge in [0.05, 0.1) is 24.1 Å². The molecule has 15 heavy (non-hydrogen) atoms. The third kappa shape index (κ3) is 2.56. The minimum Gasteiger partial charge on any atom is -0.323 e. The standard InChI is InChI=1S/C12H13N3/c1-2-10-7-9(8-14)3-4-11(10)12(15)5-6-13/h3-4,7,12H,2,5,15H2,1H3/t12-/m0/s1. The van der Waals surface area contributed by atoms with Gasteiger partial charge in [-0.05, 0) is 29.7 Å². The number of nitrogens with zero attached hydrogens (tertiary/aromatic N) is 2. The van der Waals surface area contributed by atoms with Crippen LogP contribution in [0.15, 0.2) is 18.2 Å².